The number of hydrogen-bond donors (Lipinski definition) is 0. The number of hydrogen-bond acceptors (Lipinski definition) is 5. The van der Waals surface area contributed by atoms with E-state index in [1.54, 1.807) is 6.20 Å². The number of pyridine rings is 1. The molecule has 6 heteroatoms. The van der Waals surface area contributed by atoms with Gasteiger partial charge in [0.15, 0.2) is 5.82 Å². The van der Waals surface area contributed by atoms with E-state index in [2.05, 4.69) is 89.5 Å². The van der Waals surface area contributed by atoms with Crippen molar-refractivity contribution in [2.45, 2.75) is 0 Å². The van der Waals surface area contributed by atoms with Crippen molar-refractivity contribution in [2.75, 3.05) is 0 Å². The predicted octanol–water partition coefficient (Wildman–Crippen LogP) is 9.56. The molecule has 0 saturated heterocycles. The second kappa shape index (κ2) is 9.99. The Labute approximate surface area is 269 Å². The minimum Gasteiger partial charge on any atom is -0.278 e. The Kier molecular flexibility index (Phi) is 5.48. The maximum atomic E-state index is 5.16. The highest BCUT2D eigenvalue weighted by Crippen LogP contribution is 2.48. The maximum Gasteiger partial charge on any atom is 0.235 e. The van der Waals surface area contributed by atoms with Gasteiger partial charge in [-0.15, -0.1) is 0 Å². The van der Waals surface area contributed by atoms with Crippen LogP contribution in [0.5, 0.6) is 0 Å². The van der Waals surface area contributed by atoms with Crippen LogP contribution in [0.2, 0.25) is 0 Å². The molecule has 1 aliphatic carbocycles. The zero-order chi connectivity index (χ0) is 30.9. The van der Waals surface area contributed by atoms with Crippen LogP contribution in [0.3, 0.4) is 0 Å². The van der Waals surface area contributed by atoms with Gasteiger partial charge in [0.1, 0.15) is 5.69 Å². The molecular formula is C41H24N6. The molecule has 0 amide bonds. The molecular weight excluding hydrogens is 576 g/mol. The molecule has 218 valence electrons. The van der Waals surface area contributed by atoms with Gasteiger partial charge in [0.25, 0.3) is 0 Å². The lowest BCUT2D eigenvalue weighted by Crippen LogP contribution is -2.04. The van der Waals surface area contributed by atoms with E-state index in [0.29, 0.717) is 17.5 Å². The Balaban J connectivity index is 1.22. The van der Waals surface area contributed by atoms with Gasteiger partial charge in [0, 0.05) is 39.7 Å². The molecule has 4 heterocycles. The van der Waals surface area contributed by atoms with Crippen molar-refractivity contribution in [1.82, 2.24) is 29.5 Å². The van der Waals surface area contributed by atoms with Crippen LogP contribution in [-0.4, -0.2) is 29.5 Å². The Hall–Kier alpha value is -6.53. The minimum atomic E-state index is 0.547. The second-order valence-corrected chi connectivity index (χ2v) is 11.7. The molecule has 0 atom stereocenters. The summed E-state index contributed by atoms with van der Waals surface area (Å²) >= 11 is 0. The highest BCUT2D eigenvalue weighted by molar-refractivity contribution is 6.26. The number of aromatic nitrogens is 6. The first-order valence-electron chi connectivity index (χ1n) is 15.6. The van der Waals surface area contributed by atoms with Crippen molar-refractivity contribution in [3.05, 3.63) is 146 Å². The fourth-order valence-corrected chi connectivity index (χ4v) is 7.08. The summed E-state index contributed by atoms with van der Waals surface area (Å²) in [6, 6.07) is 45.8. The lowest BCUT2D eigenvalue weighted by Gasteiger charge is -2.12. The third kappa shape index (κ3) is 3.88. The van der Waals surface area contributed by atoms with E-state index in [1.807, 2.05) is 54.7 Å². The molecule has 47 heavy (non-hydrogen) atoms. The van der Waals surface area contributed by atoms with E-state index in [1.165, 1.54) is 38.4 Å². The molecule has 10 rings (SSSR count). The highest BCUT2D eigenvalue weighted by atomic mass is 15.2. The number of rotatable bonds is 4. The molecule has 0 unspecified atom stereocenters. The van der Waals surface area contributed by atoms with Gasteiger partial charge in [-0.1, -0.05) is 97.1 Å². The molecule has 5 aromatic carbocycles. The molecule has 0 spiro atoms. The molecule has 0 fully saturated rings. The van der Waals surface area contributed by atoms with Gasteiger partial charge < -0.3 is 0 Å². The summed E-state index contributed by atoms with van der Waals surface area (Å²) in [6.45, 7) is 0. The van der Waals surface area contributed by atoms with Crippen molar-refractivity contribution in [1.29, 1.82) is 0 Å². The van der Waals surface area contributed by atoms with Crippen molar-refractivity contribution < 1.29 is 0 Å². The summed E-state index contributed by atoms with van der Waals surface area (Å²) in [7, 11) is 0. The Morgan fingerprint density at radius 3 is 1.60 bits per heavy atom. The normalized spacial score (nSPS) is 11.8. The van der Waals surface area contributed by atoms with E-state index < -0.39 is 0 Å². The average molecular weight is 601 g/mol. The van der Waals surface area contributed by atoms with Gasteiger partial charge in [-0.2, -0.15) is 0 Å². The zero-order valence-electron chi connectivity index (χ0n) is 25.0. The molecule has 9 aromatic rings. The second-order valence-electron chi connectivity index (χ2n) is 11.7. The summed E-state index contributed by atoms with van der Waals surface area (Å²) in [5, 5.41) is 3.55. The average Bonchev–Trinajstić information content (AvgIpc) is 3.43. The summed E-state index contributed by atoms with van der Waals surface area (Å²) in [5.74, 6) is 1.12. The quantitative estimate of drug-likeness (QED) is 0.201. The smallest absolute Gasteiger partial charge is 0.235 e. The molecule has 0 bridgehead atoms. The largest absolute Gasteiger partial charge is 0.278 e. The van der Waals surface area contributed by atoms with Crippen LogP contribution >= 0.6 is 0 Å². The van der Waals surface area contributed by atoms with Gasteiger partial charge >= 0.3 is 0 Å². The molecule has 4 aromatic heterocycles. The van der Waals surface area contributed by atoms with Crippen LogP contribution in [0.1, 0.15) is 0 Å². The molecule has 0 saturated carbocycles. The van der Waals surface area contributed by atoms with E-state index >= 15 is 0 Å². The standard InChI is InChI=1S/C41H24N6/c1-3-10-25(11-4-1)33-24-34(26-12-5-2-6-13-26)45-40(44-33)32-21-23-43-41(46-32)47-35-18-8-15-28-27-14-7-17-31-37(27)30(20-22-42-31)29-16-9-19-36(47)39(29)38(28)35/h1-24H. The van der Waals surface area contributed by atoms with E-state index in [0.717, 1.165) is 39.1 Å². The van der Waals surface area contributed by atoms with Gasteiger partial charge in [-0.25, -0.2) is 19.9 Å². The Morgan fingerprint density at radius 2 is 0.957 bits per heavy atom. The molecule has 6 nitrogen and oxygen atoms in total. The first-order valence-corrected chi connectivity index (χ1v) is 15.6. The monoisotopic (exact) mass is 600 g/mol. The molecule has 0 radical (unpaired) electrons. The summed E-state index contributed by atoms with van der Waals surface area (Å²) in [5.41, 5.74) is 12.2. The van der Waals surface area contributed by atoms with Crippen LogP contribution in [0.15, 0.2) is 146 Å². The fraction of sp³-hybridized carbons (Fsp3) is 0. The lowest BCUT2D eigenvalue weighted by atomic mass is 9.96. The van der Waals surface area contributed by atoms with Crippen LogP contribution in [0, 0.1) is 0 Å². The van der Waals surface area contributed by atoms with Crippen molar-refractivity contribution in [3.63, 3.8) is 0 Å². The Bertz CT molecular complexity index is 2530. The Morgan fingerprint density at radius 1 is 0.404 bits per heavy atom. The molecule has 0 aliphatic heterocycles. The molecule has 0 N–H and O–H groups in total. The van der Waals surface area contributed by atoms with E-state index in [9.17, 15) is 0 Å². The van der Waals surface area contributed by atoms with Gasteiger partial charge in [0.2, 0.25) is 5.95 Å². The number of fused-ring (bicyclic) bond motifs is 2. The third-order valence-electron chi connectivity index (χ3n) is 9.10. The van der Waals surface area contributed by atoms with Crippen LogP contribution < -0.4 is 0 Å². The van der Waals surface area contributed by atoms with Gasteiger partial charge in [0.05, 0.1) is 27.9 Å². The fourth-order valence-electron chi connectivity index (χ4n) is 7.08. The van der Waals surface area contributed by atoms with Crippen LogP contribution in [0.25, 0.3) is 94.9 Å². The highest BCUT2D eigenvalue weighted by Gasteiger charge is 2.25. The molecule has 1 aliphatic rings. The summed E-state index contributed by atoms with van der Waals surface area (Å²) < 4.78 is 2.17. The SMILES string of the molecule is c1ccc(-c2cc(-c3ccccc3)nc(-c3ccnc(-n4c5cccc6c5c5c(cccc54)-c4ccnc5cccc-6c45)n3)n2)cc1. The first-order chi connectivity index (χ1) is 23.3. The predicted molar refractivity (Wildman–Crippen MR) is 188 cm³/mol. The summed E-state index contributed by atoms with van der Waals surface area (Å²) in [6.07, 6.45) is 3.71. The minimum absolute atomic E-state index is 0.547. The maximum absolute atomic E-state index is 5.16. The van der Waals surface area contributed by atoms with Gasteiger partial charge in [-0.05, 0) is 58.7 Å². The third-order valence-corrected chi connectivity index (χ3v) is 9.10. The van der Waals surface area contributed by atoms with Crippen molar-refractivity contribution in [3.8, 4) is 62.2 Å². The first kappa shape index (κ1) is 25.8. The van der Waals surface area contributed by atoms with Crippen molar-refractivity contribution >= 4 is 32.7 Å². The van der Waals surface area contributed by atoms with Crippen molar-refractivity contribution in [2.24, 2.45) is 0 Å². The van der Waals surface area contributed by atoms with Crippen LogP contribution in [-0.2, 0) is 0 Å². The van der Waals surface area contributed by atoms with E-state index in [4.69, 9.17) is 24.9 Å². The number of nitrogens with zero attached hydrogens (tertiary/aromatic N) is 6. The number of benzene rings is 5. The van der Waals surface area contributed by atoms with E-state index in [-0.39, 0.29) is 0 Å². The topological polar surface area (TPSA) is 69.4 Å². The van der Waals surface area contributed by atoms with Gasteiger partial charge in [-0.3, -0.25) is 9.55 Å². The lowest BCUT2D eigenvalue weighted by molar-refractivity contribution is 0.982. The zero-order valence-corrected chi connectivity index (χ0v) is 25.0. The van der Waals surface area contributed by atoms with Crippen LogP contribution in [0.4, 0.5) is 0 Å². The summed E-state index contributed by atoms with van der Waals surface area (Å²) in [4.78, 5) is 24.8.